The second-order valence-electron chi connectivity index (χ2n) is 7.95. The van der Waals surface area contributed by atoms with Crippen molar-refractivity contribution >= 4 is 23.5 Å². The van der Waals surface area contributed by atoms with Crippen molar-refractivity contribution in [1.82, 2.24) is 24.5 Å². The van der Waals surface area contributed by atoms with E-state index in [0.29, 0.717) is 43.5 Å². The molecule has 34 heavy (non-hydrogen) atoms. The van der Waals surface area contributed by atoms with Gasteiger partial charge in [0.25, 0.3) is 11.7 Å². The Morgan fingerprint density at radius 2 is 1.82 bits per heavy atom. The van der Waals surface area contributed by atoms with Gasteiger partial charge in [-0.3, -0.25) is 9.59 Å². The molecule has 11 nitrogen and oxygen atoms in total. The molecule has 0 N–H and O–H groups in total. The normalized spacial score (nSPS) is 15.1. The first kappa shape index (κ1) is 23.3. The summed E-state index contributed by atoms with van der Waals surface area (Å²) in [5.74, 6) is 1.89. The molecular formula is C23H28N6O5. The van der Waals surface area contributed by atoms with Gasteiger partial charge in [0.2, 0.25) is 0 Å². The van der Waals surface area contributed by atoms with Crippen molar-refractivity contribution in [3.8, 4) is 22.6 Å². The summed E-state index contributed by atoms with van der Waals surface area (Å²) in [5.41, 5.74) is 1.74. The highest BCUT2D eigenvalue weighted by atomic mass is 16.5. The Kier molecular flexibility index (Phi) is 6.80. The Morgan fingerprint density at radius 3 is 2.56 bits per heavy atom. The lowest BCUT2D eigenvalue weighted by molar-refractivity contribution is -0.157. The van der Waals surface area contributed by atoms with Crippen LogP contribution in [0.2, 0.25) is 0 Å². The van der Waals surface area contributed by atoms with Crippen LogP contribution in [0, 0.1) is 0 Å². The van der Waals surface area contributed by atoms with E-state index >= 15 is 0 Å². The van der Waals surface area contributed by atoms with Gasteiger partial charge in [-0.1, -0.05) is 6.07 Å². The number of carbonyl (C=O) groups is 2. The molecule has 1 amide bonds. The van der Waals surface area contributed by atoms with Crippen molar-refractivity contribution in [2.24, 2.45) is 0 Å². The molecule has 1 atom stereocenters. The van der Waals surface area contributed by atoms with E-state index in [2.05, 4.69) is 20.0 Å². The fourth-order valence-corrected chi connectivity index (χ4v) is 4.18. The fraction of sp³-hybridized carbons (Fsp3) is 0.435. The third-order valence-corrected chi connectivity index (χ3v) is 5.77. The quantitative estimate of drug-likeness (QED) is 0.500. The summed E-state index contributed by atoms with van der Waals surface area (Å²) in [6.07, 6.45) is 3.17. The van der Waals surface area contributed by atoms with Gasteiger partial charge in [-0.25, -0.2) is 4.98 Å². The predicted molar refractivity (Wildman–Crippen MR) is 124 cm³/mol. The number of benzene rings is 1. The van der Waals surface area contributed by atoms with Crippen LogP contribution in [0.5, 0.6) is 11.5 Å². The number of amides is 1. The molecule has 0 bridgehead atoms. The van der Waals surface area contributed by atoms with Gasteiger partial charge < -0.3 is 24.0 Å². The van der Waals surface area contributed by atoms with E-state index in [0.717, 1.165) is 23.4 Å². The molecule has 0 unspecified atom stereocenters. The average molecular weight is 469 g/mol. The number of carbonyl (C=O) groups excluding carboxylic acids is 2. The number of ether oxygens (including phenoxy) is 3. The SMILES string of the molecule is COc1ccc(-c2cnc3ncnn3c2N2CCCN(C(=O)[C@H](C)OC(C)=O)CC2)cc1OC. The van der Waals surface area contributed by atoms with Gasteiger partial charge in [0.1, 0.15) is 12.1 Å². The number of fused-ring (bicyclic) bond motifs is 1. The van der Waals surface area contributed by atoms with Crippen LogP contribution < -0.4 is 14.4 Å². The third-order valence-electron chi connectivity index (χ3n) is 5.77. The molecular weight excluding hydrogens is 440 g/mol. The standard InChI is InChI=1S/C23H28N6O5/c1-15(34-16(2)30)22(31)28-9-5-8-27(10-11-28)21-18(13-24-23-25-14-26-29(21)23)17-6-7-19(32-3)20(12-17)33-4/h6-7,12-15H,5,8-11H2,1-4H3/t15-/m0/s1. The zero-order chi connectivity index (χ0) is 24.2. The van der Waals surface area contributed by atoms with Crippen molar-refractivity contribution < 1.29 is 23.8 Å². The second-order valence-corrected chi connectivity index (χ2v) is 7.95. The maximum atomic E-state index is 12.8. The van der Waals surface area contributed by atoms with Crippen LogP contribution in [-0.2, 0) is 14.3 Å². The average Bonchev–Trinajstić information content (AvgIpc) is 3.19. The first-order valence-electron chi connectivity index (χ1n) is 11.0. The lowest BCUT2D eigenvalue weighted by atomic mass is 10.1. The molecule has 11 heteroatoms. The molecule has 1 aromatic carbocycles. The summed E-state index contributed by atoms with van der Waals surface area (Å²) in [5, 5.41) is 4.41. The molecule has 2 aromatic heterocycles. The minimum Gasteiger partial charge on any atom is -0.493 e. The number of methoxy groups -OCH3 is 2. The Hall–Kier alpha value is -3.89. The van der Waals surface area contributed by atoms with Crippen LogP contribution in [0.25, 0.3) is 16.9 Å². The van der Waals surface area contributed by atoms with Crippen LogP contribution in [0.3, 0.4) is 0 Å². The van der Waals surface area contributed by atoms with Crippen molar-refractivity contribution in [1.29, 1.82) is 0 Å². The van der Waals surface area contributed by atoms with Gasteiger partial charge in [0.05, 0.1) is 14.2 Å². The van der Waals surface area contributed by atoms with E-state index in [1.165, 1.54) is 13.3 Å². The molecule has 1 aliphatic rings. The van der Waals surface area contributed by atoms with Crippen LogP contribution >= 0.6 is 0 Å². The second kappa shape index (κ2) is 9.94. The Bertz CT molecular complexity index is 1200. The van der Waals surface area contributed by atoms with E-state index in [9.17, 15) is 9.59 Å². The first-order chi connectivity index (χ1) is 16.4. The number of rotatable bonds is 6. The number of hydrogen-bond acceptors (Lipinski definition) is 9. The van der Waals surface area contributed by atoms with Crippen LogP contribution in [-0.4, -0.2) is 82.9 Å². The van der Waals surface area contributed by atoms with Crippen LogP contribution in [0.15, 0.2) is 30.7 Å². The van der Waals surface area contributed by atoms with Gasteiger partial charge in [0.15, 0.2) is 17.6 Å². The number of hydrogen-bond donors (Lipinski definition) is 0. The monoisotopic (exact) mass is 468 g/mol. The summed E-state index contributed by atoms with van der Waals surface area (Å²) < 4.78 is 17.7. The fourth-order valence-electron chi connectivity index (χ4n) is 4.18. The van der Waals surface area contributed by atoms with Crippen molar-refractivity contribution in [2.75, 3.05) is 45.3 Å². The van der Waals surface area contributed by atoms with Gasteiger partial charge in [-0.15, -0.1) is 0 Å². The third kappa shape index (κ3) is 4.59. The van der Waals surface area contributed by atoms with Gasteiger partial charge in [-0.05, 0) is 31.0 Å². The Balaban J connectivity index is 1.67. The molecule has 0 aliphatic carbocycles. The number of anilines is 1. The molecule has 3 heterocycles. The Labute approximate surface area is 197 Å². The largest absolute Gasteiger partial charge is 0.493 e. The lowest BCUT2D eigenvalue weighted by Gasteiger charge is -2.26. The molecule has 1 fully saturated rings. The topological polar surface area (TPSA) is 111 Å². The smallest absolute Gasteiger partial charge is 0.303 e. The van der Waals surface area contributed by atoms with E-state index in [-0.39, 0.29) is 5.91 Å². The summed E-state index contributed by atoms with van der Waals surface area (Å²) in [4.78, 5) is 36.7. The number of aromatic nitrogens is 4. The zero-order valence-corrected chi connectivity index (χ0v) is 19.7. The molecule has 0 spiro atoms. The summed E-state index contributed by atoms with van der Waals surface area (Å²) >= 11 is 0. The predicted octanol–water partition coefficient (Wildman–Crippen LogP) is 1.80. The lowest BCUT2D eigenvalue weighted by Crippen LogP contribution is -2.42. The maximum absolute atomic E-state index is 12.8. The number of nitrogens with zero attached hydrogens (tertiary/aromatic N) is 6. The van der Waals surface area contributed by atoms with E-state index < -0.39 is 12.1 Å². The minimum absolute atomic E-state index is 0.196. The highest BCUT2D eigenvalue weighted by molar-refractivity contribution is 5.83. The van der Waals surface area contributed by atoms with E-state index in [1.54, 1.807) is 36.8 Å². The van der Waals surface area contributed by atoms with E-state index in [1.807, 2.05) is 18.2 Å². The van der Waals surface area contributed by atoms with Crippen molar-refractivity contribution in [3.63, 3.8) is 0 Å². The zero-order valence-electron chi connectivity index (χ0n) is 19.7. The van der Waals surface area contributed by atoms with E-state index in [4.69, 9.17) is 14.2 Å². The first-order valence-corrected chi connectivity index (χ1v) is 11.0. The number of esters is 1. The van der Waals surface area contributed by atoms with Crippen LogP contribution in [0.4, 0.5) is 5.82 Å². The minimum atomic E-state index is -0.811. The molecule has 4 rings (SSSR count). The highest BCUT2D eigenvalue weighted by Crippen LogP contribution is 2.36. The van der Waals surface area contributed by atoms with Crippen LogP contribution in [0.1, 0.15) is 20.3 Å². The molecule has 1 saturated heterocycles. The maximum Gasteiger partial charge on any atom is 0.303 e. The molecule has 1 aliphatic heterocycles. The summed E-state index contributed by atoms with van der Waals surface area (Å²) in [7, 11) is 3.19. The highest BCUT2D eigenvalue weighted by Gasteiger charge is 2.27. The molecule has 0 radical (unpaired) electrons. The molecule has 180 valence electrons. The van der Waals surface area contributed by atoms with Gasteiger partial charge >= 0.3 is 5.97 Å². The molecule has 0 saturated carbocycles. The summed E-state index contributed by atoms with van der Waals surface area (Å²) in [6.45, 7) is 5.22. The Morgan fingerprint density at radius 1 is 1.03 bits per heavy atom. The van der Waals surface area contributed by atoms with Crippen molar-refractivity contribution in [3.05, 3.63) is 30.7 Å². The van der Waals surface area contributed by atoms with Gasteiger partial charge in [0, 0.05) is 44.9 Å². The van der Waals surface area contributed by atoms with Gasteiger partial charge in [-0.2, -0.15) is 14.6 Å². The molecule has 3 aromatic rings. The van der Waals surface area contributed by atoms with Crippen molar-refractivity contribution in [2.45, 2.75) is 26.4 Å². The summed E-state index contributed by atoms with van der Waals surface area (Å²) in [6, 6.07) is 5.69.